The van der Waals surface area contributed by atoms with Crippen LogP contribution in [0.25, 0.3) is 0 Å². The average Bonchev–Trinajstić information content (AvgIpc) is 2.33. The molecule has 0 spiro atoms. The smallest absolute Gasteiger partial charge is 0.0971 e. The molecular weight excluding hydrogens is 112 g/mol. The van der Waals surface area contributed by atoms with Gasteiger partial charge in [0.2, 0.25) is 0 Å². The van der Waals surface area contributed by atoms with Gasteiger partial charge < -0.3 is 4.74 Å². The summed E-state index contributed by atoms with van der Waals surface area (Å²) in [6, 6.07) is 0. The van der Waals surface area contributed by atoms with Crippen molar-refractivity contribution in [3.63, 3.8) is 0 Å². The monoisotopic (exact) mass is 122 g/mol. The highest BCUT2D eigenvalue weighted by Gasteiger charge is 2.18. The molecule has 0 saturated carbocycles. The van der Waals surface area contributed by atoms with E-state index in [-0.39, 0.29) is 0 Å². The lowest BCUT2D eigenvalue weighted by Crippen LogP contribution is -2.08. The Bertz CT molecular complexity index is 167. The highest BCUT2D eigenvalue weighted by molar-refractivity contribution is 5.23. The molecule has 2 rings (SSSR count). The van der Waals surface area contributed by atoms with Gasteiger partial charge in [-0.05, 0) is 18.4 Å². The molecule has 0 fully saturated rings. The summed E-state index contributed by atoms with van der Waals surface area (Å²) in [5.74, 6) is 0. The molecule has 1 unspecified atom stereocenters. The molecule has 0 bridgehead atoms. The third kappa shape index (κ3) is 0.815. The van der Waals surface area contributed by atoms with Crippen LogP contribution < -0.4 is 0 Å². The molecule has 1 nitrogen and oxygen atoms in total. The Morgan fingerprint density at radius 2 is 2.56 bits per heavy atom. The van der Waals surface area contributed by atoms with Gasteiger partial charge >= 0.3 is 0 Å². The summed E-state index contributed by atoms with van der Waals surface area (Å²) in [6.07, 6.45) is 9.31. The summed E-state index contributed by atoms with van der Waals surface area (Å²) in [5.41, 5.74) is 1.48. The van der Waals surface area contributed by atoms with Crippen LogP contribution in [0.5, 0.6) is 0 Å². The Hall–Kier alpha value is -0.560. The summed E-state index contributed by atoms with van der Waals surface area (Å²) < 4.78 is 5.38. The maximum atomic E-state index is 5.38. The van der Waals surface area contributed by atoms with Gasteiger partial charge in [-0.3, -0.25) is 0 Å². The number of ether oxygens (including phenoxy) is 1. The third-order valence-electron chi connectivity index (χ3n) is 1.90. The second kappa shape index (κ2) is 1.99. The first kappa shape index (κ1) is 5.24. The molecule has 0 aromatic heterocycles. The second-order valence-corrected chi connectivity index (χ2v) is 2.50. The quantitative estimate of drug-likeness (QED) is 0.444. The van der Waals surface area contributed by atoms with E-state index in [0.717, 1.165) is 6.61 Å². The Morgan fingerprint density at radius 1 is 1.56 bits per heavy atom. The van der Waals surface area contributed by atoms with Crippen molar-refractivity contribution >= 4 is 0 Å². The molecule has 1 aliphatic carbocycles. The van der Waals surface area contributed by atoms with Gasteiger partial charge in [-0.1, -0.05) is 18.2 Å². The predicted molar refractivity (Wildman–Crippen MR) is 36.2 cm³/mol. The highest BCUT2D eigenvalue weighted by atomic mass is 16.5. The van der Waals surface area contributed by atoms with Gasteiger partial charge in [0.15, 0.2) is 0 Å². The van der Waals surface area contributed by atoms with E-state index in [1.807, 2.05) is 0 Å². The van der Waals surface area contributed by atoms with Gasteiger partial charge in [0.25, 0.3) is 0 Å². The molecular formula is C8H10O. The predicted octanol–water partition coefficient (Wildman–Crippen LogP) is 1.66. The fraction of sp³-hybridized carbons (Fsp3) is 0.500. The lowest BCUT2D eigenvalue weighted by atomic mass is 10.00. The van der Waals surface area contributed by atoms with Gasteiger partial charge in [0.05, 0.1) is 12.7 Å². The van der Waals surface area contributed by atoms with Gasteiger partial charge in [0, 0.05) is 0 Å². The minimum absolute atomic E-state index is 0.346. The first-order valence-corrected chi connectivity index (χ1v) is 3.44. The number of hydrogen-bond acceptors (Lipinski definition) is 1. The van der Waals surface area contributed by atoms with Crippen LogP contribution in [-0.2, 0) is 4.74 Å². The van der Waals surface area contributed by atoms with Crippen LogP contribution in [0.4, 0.5) is 0 Å². The van der Waals surface area contributed by atoms with Crippen molar-refractivity contribution in [2.45, 2.75) is 18.9 Å². The molecule has 0 amide bonds. The van der Waals surface area contributed by atoms with Crippen LogP contribution in [0.2, 0.25) is 0 Å². The maximum absolute atomic E-state index is 5.38. The van der Waals surface area contributed by atoms with Crippen molar-refractivity contribution in [2.75, 3.05) is 6.61 Å². The molecule has 1 aliphatic heterocycles. The average molecular weight is 122 g/mol. The summed E-state index contributed by atoms with van der Waals surface area (Å²) >= 11 is 0. The molecule has 0 aromatic rings. The highest BCUT2D eigenvalue weighted by Crippen LogP contribution is 2.24. The van der Waals surface area contributed by atoms with Gasteiger partial charge in [-0.15, -0.1) is 0 Å². The summed E-state index contributed by atoms with van der Waals surface area (Å²) in [5, 5.41) is 0. The van der Waals surface area contributed by atoms with Crippen LogP contribution in [0.15, 0.2) is 23.8 Å². The number of allylic oxidation sites excluding steroid dienone is 1. The summed E-state index contributed by atoms with van der Waals surface area (Å²) in [6.45, 7) is 0.824. The summed E-state index contributed by atoms with van der Waals surface area (Å²) in [7, 11) is 0. The Kier molecular flexibility index (Phi) is 1.16. The molecule has 0 N–H and O–H groups in total. The molecule has 48 valence electrons. The van der Waals surface area contributed by atoms with Crippen LogP contribution in [0.1, 0.15) is 12.8 Å². The topological polar surface area (TPSA) is 9.23 Å². The number of rotatable bonds is 0. The van der Waals surface area contributed by atoms with E-state index >= 15 is 0 Å². The molecule has 1 heteroatoms. The third-order valence-corrected chi connectivity index (χ3v) is 1.90. The molecule has 0 radical (unpaired) electrons. The van der Waals surface area contributed by atoms with Crippen LogP contribution in [0, 0.1) is 0 Å². The van der Waals surface area contributed by atoms with E-state index in [2.05, 4.69) is 18.2 Å². The number of hydrogen-bond donors (Lipinski definition) is 0. The van der Waals surface area contributed by atoms with E-state index in [4.69, 9.17) is 4.74 Å². The Balaban J connectivity index is 2.23. The van der Waals surface area contributed by atoms with E-state index in [9.17, 15) is 0 Å². The molecule has 2 aliphatic rings. The second-order valence-electron chi connectivity index (χ2n) is 2.50. The lowest BCUT2D eigenvalue weighted by molar-refractivity contribution is 0.152. The first-order valence-electron chi connectivity index (χ1n) is 3.44. The van der Waals surface area contributed by atoms with Crippen LogP contribution in [-0.4, -0.2) is 12.7 Å². The van der Waals surface area contributed by atoms with Crippen LogP contribution in [0.3, 0.4) is 0 Å². The van der Waals surface area contributed by atoms with Gasteiger partial charge in [-0.2, -0.15) is 0 Å². The van der Waals surface area contributed by atoms with Crippen molar-refractivity contribution in [3.05, 3.63) is 23.8 Å². The van der Waals surface area contributed by atoms with E-state index in [1.54, 1.807) is 0 Å². The van der Waals surface area contributed by atoms with E-state index in [1.165, 1.54) is 18.4 Å². The fourth-order valence-electron chi connectivity index (χ4n) is 1.38. The largest absolute Gasteiger partial charge is 0.366 e. The Morgan fingerprint density at radius 3 is 3.44 bits per heavy atom. The fourth-order valence-corrected chi connectivity index (χ4v) is 1.38. The molecule has 0 saturated heterocycles. The van der Waals surface area contributed by atoms with Gasteiger partial charge in [-0.25, -0.2) is 0 Å². The van der Waals surface area contributed by atoms with Crippen molar-refractivity contribution in [2.24, 2.45) is 0 Å². The van der Waals surface area contributed by atoms with Crippen molar-refractivity contribution in [3.8, 4) is 0 Å². The zero-order valence-corrected chi connectivity index (χ0v) is 5.34. The van der Waals surface area contributed by atoms with Crippen molar-refractivity contribution in [1.29, 1.82) is 0 Å². The standard InChI is InChI=1S/C8H10O/c1-2-4-8-7(3-1)5-6-9-8/h2,4-5,8H,1,3,6H2. The minimum Gasteiger partial charge on any atom is -0.366 e. The van der Waals surface area contributed by atoms with Crippen molar-refractivity contribution < 1.29 is 4.74 Å². The normalized spacial score (nSPS) is 32.0. The van der Waals surface area contributed by atoms with E-state index < -0.39 is 0 Å². The molecule has 1 heterocycles. The van der Waals surface area contributed by atoms with E-state index in [0.29, 0.717) is 6.10 Å². The zero-order valence-electron chi connectivity index (χ0n) is 5.34. The molecule has 0 aromatic carbocycles. The number of fused-ring (bicyclic) bond motifs is 1. The van der Waals surface area contributed by atoms with Crippen molar-refractivity contribution in [1.82, 2.24) is 0 Å². The van der Waals surface area contributed by atoms with Gasteiger partial charge in [0.1, 0.15) is 0 Å². The van der Waals surface area contributed by atoms with Crippen LogP contribution >= 0.6 is 0 Å². The lowest BCUT2D eigenvalue weighted by Gasteiger charge is -2.13. The molecule has 1 atom stereocenters. The maximum Gasteiger partial charge on any atom is 0.0971 e. The Labute approximate surface area is 55.0 Å². The zero-order chi connectivity index (χ0) is 6.10. The first-order chi connectivity index (χ1) is 4.47. The summed E-state index contributed by atoms with van der Waals surface area (Å²) in [4.78, 5) is 0. The SMILES string of the molecule is C1=CC2OCC=C2CC1. The molecule has 9 heavy (non-hydrogen) atoms. The minimum atomic E-state index is 0.346.